The third-order valence-electron chi connectivity index (χ3n) is 4.14. The highest BCUT2D eigenvalue weighted by Crippen LogP contribution is 2.37. The maximum Gasteiger partial charge on any atom is 0.161 e. The molecule has 0 amide bonds. The van der Waals surface area contributed by atoms with E-state index in [4.69, 9.17) is 9.47 Å². The summed E-state index contributed by atoms with van der Waals surface area (Å²) in [6, 6.07) is 6.24. The number of benzene rings is 1. The van der Waals surface area contributed by atoms with Crippen molar-refractivity contribution < 1.29 is 9.47 Å². The molecule has 4 heteroatoms. The fourth-order valence-electron chi connectivity index (χ4n) is 2.90. The van der Waals surface area contributed by atoms with Gasteiger partial charge < -0.3 is 14.8 Å². The third-order valence-corrected chi connectivity index (χ3v) is 4.14. The van der Waals surface area contributed by atoms with Crippen LogP contribution in [0.5, 0.6) is 11.5 Å². The SMILES string of the molecule is COc1ccc(C2(N(C)C)CCCNC2)cc1OC. The van der Waals surface area contributed by atoms with Crippen LogP contribution in [0, 0.1) is 0 Å². The van der Waals surface area contributed by atoms with Crippen LogP contribution in [0.2, 0.25) is 0 Å². The Bertz CT molecular complexity index is 426. The Morgan fingerprint density at radius 1 is 1.16 bits per heavy atom. The molecule has 1 unspecified atom stereocenters. The van der Waals surface area contributed by atoms with Crippen molar-refractivity contribution in [2.45, 2.75) is 18.4 Å². The molecule has 1 aliphatic heterocycles. The summed E-state index contributed by atoms with van der Waals surface area (Å²) in [5.74, 6) is 1.58. The smallest absolute Gasteiger partial charge is 0.161 e. The van der Waals surface area contributed by atoms with E-state index in [-0.39, 0.29) is 5.54 Å². The molecule has 0 bridgehead atoms. The van der Waals surface area contributed by atoms with E-state index in [1.54, 1.807) is 14.2 Å². The molecule has 0 aliphatic carbocycles. The van der Waals surface area contributed by atoms with Gasteiger partial charge in [0.25, 0.3) is 0 Å². The van der Waals surface area contributed by atoms with E-state index in [0.29, 0.717) is 0 Å². The Hall–Kier alpha value is -1.26. The molecule has 1 fully saturated rings. The summed E-state index contributed by atoms with van der Waals surface area (Å²) in [4.78, 5) is 2.31. The second-order valence-electron chi connectivity index (χ2n) is 5.28. The predicted molar refractivity (Wildman–Crippen MR) is 77.0 cm³/mol. The fraction of sp³-hybridized carbons (Fsp3) is 0.600. The maximum atomic E-state index is 5.43. The third kappa shape index (κ3) is 2.55. The van der Waals surface area contributed by atoms with Gasteiger partial charge in [-0.15, -0.1) is 0 Å². The van der Waals surface area contributed by atoms with Crippen LogP contribution in [0.15, 0.2) is 18.2 Å². The van der Waals surface area contributed by atoms with Gasteiger partial charge in [0.2, 0.25) is 0 Å². The summed E-state index contributed by atoms with van der Waals surface area (Å²) >= 11 is 0. The van der Waals surface area contributed by atoms with E-state index < -0.39 is 0 Å². The average molecular weight is 264 g/mol. The van der Waals surface area contributed by atoms with Gasteiger partial charge in [-0.05, 0) is 51.2 Å². The average Bonchev–Trinajstić information content (AvgIpc) is 2.47. The lowest BCUT2D eigenvalue weighted by atomic mass is 9.82. The molecule has 1 aromatic rings. The predicted octanol–water partition coefficient (Wildman–Crippen LogP) is 1.84. The summed E-state index contributed by atoms with van der Waals surface area (Å²) in [5, 5.41) is 3.51. The van der Waals surface area contributed by atoms with Gasteiger partial charge >= 0.3 is 0 Å². The quantitative estimate of drug-likeness (QED) is 0.900. The van der Waals surface area contributed by atoms with Crippen molar-refractivity contribution in [2.75, 3.05) is 41.4 Å². The number of methoxy groups -OCH3 is 2. The highest BCUT2D eigenvalue weighted by Gasteiger charge is 2.36. The molecule has 2 rings (SSSR count). The zero-order valence-electron chi connectivity index (χ0n) is 12.3. The van der Waals surface area contributed by atoms with E-state index in [9.17, 15) is 0 Å². The van der Waals surface area contributed by atoms with Gasteiger partial charge in [0.05, 0.1) is 19.8 Å². The highest BCUT2D eigenvalue weighted by atomic mass is 16.5. The minimum absolute atomic E-state index is 0.0395. The molecule has 0 saturated carbocycles. The minimum Gasteiger partial charge on any atom is -0.493 e. The summed E-state index contributed by atoms with van der Waals surface area (Å²) in [5.41, 5.74) is 1.32. The van der Waals surface area contributed by atoms with Crippen molar-refractivity contribution in [3.63, 3.8) is 0 Å². The lowest BCUT2D eigenvalue weighted by Gasteiger charge is -2.44. The first-order chi connectivity index (χ1) is 9.14. The van der Waals surface area contributed by atoms with E-state index in [1.807, 2.05) is 6.07 Å². The maximum absolute atomic E-state index is 5.43. The van der Waals surface area contributed by atoms with E-state index in [2.05, 4.69) is 36.4 Å². The van der Waals surface area contributed by atoms with Crippen LogP contribution in [0.25, 0.3) is 0 Å². The van der Waals surface area contributed by atoms with Crippen molar-refractivity contribution in [1.82, 2.24) is 10.2 Å². The standard InChI is InChI=1S/C15H24N2O2/c1-17(2)15(8-5-9-16-11-15)12-6-7-13(18-3)14(10-12)19-4/h6-7,10,16H,5,8-9,11H2,1-4H3. The number of hydrogen-bond donors (Lipinski definition) is 1. The number of nitrogens with zero attached hydrogens (tertiary/aromatic N) is 1. The second kappa shape index (κ2) is 5.80. The molecule has 1 aromatic carbocycles. The summed E-state index contributed by atoms with van der Waals surface area (Å²) in [6.07, 6.45) is 2.34. The molecule has 19 heavy (non-hydrogen) atoms. The molecular weight excluding hydrogens is 240 g/mol. The van der Waals surface area contributed by atoms with Gasteiger partial charge in [-0.3, -0.25) is 4.90 Å². The van der Waals surface area contributed by atoms with Crippen LogP contribution < -0.4 is 14.8 Å². The minimum atomic E-state index is 0.0395. The van der Waals surface area contributed by atoms with Crippen LogP contribution in [-0.4, -0.2) is 46.3 Å². The molecule has 1 N–H and O–H groups in total. The Kier molecular flexibility index (Phi) is 4.32. The largest absolute Gasteiger partial charge is 0.493 e. The van der Waals surface area contributed by atoms with Crippen LogP contribution in [-0.2, 0) is 5.54 Å². The molecule has 0 aromatic heterocycles. The first-order valence-corrected chi connectivity index (χ1v) is 6.75. The van der Waals surface area contributed by atoms with Crippen molar-refractivity contribution in [3.8, 4) is 11.5 Å². The second-order valence-corrected chi connectivity index (χ2v) is 5.28. The molecule has 4 nitrogen and oxygen atoms in total. The fourth-order valence-corrected chi connectivity index (χ4v) is 2.90. The molecule has 1 aliphatic rings. The van der Waals surface area contributed by atoms with Gasteiger partial charge in [-0.1, -0.05) is 6.07 Å². The Balaban J connectivity index is 2.42. The normalized spacial score (nSPS) is 23.4. The van der Waals surface area contributed by atoms with Crippen LogP contribution in [0.3, 0.4) is 0 Å². The summed E-state index contributed by atoms with van der Waals surface area (Å²) < 4.78 is 10.7. The van der Waals surface area contributed by atoms with Crippen molar-refractivity contribution in [1.29, 1.82) is 0 Å². The molecule has 0 spiro atoms. The lowest BCUT2D eigenvalue weighted by molar-refractivity contribution is 0.113. The zero-order chi connectivity index (χ0) is 13.9. The van der Waals surface area contributed by atoms with Gasteiger partial charge in [-0.25, -0.2) is 0 Å². The molecular formula is C15H24N2O2. The summed E-state index contributed by atoms with van der Waals surface area (Å²) in [7, 11) is 7.64. The van der Waals surface area contributed by atoms with Gasteiger partial charge in [0.1, 0.15) is 0 Å². The zero-order valence-corrected chi connectivity index (χ0v) is 12.3. The molecule has 1 atom stereocenters. The van der Waals surface area contributed by atoms with Gasteiger partial charge in [0.15, 0.2) is 11.5 Å². The van der Waals surface area contributed by atoms with Crippen molar-refractivity contribution in [3.05, 3.63) is 23.8 Å². The van der Waals surface area contributed by atoms with E-state index in [0.717, 1.165) is 31.0 Å². The van der Waals surface area contributed by atoms with Crippen LogP contribution >= 0.6 is 0 Å². The van der Waals surface area contributed by atoms with Crippen LogP contribution in [0.4, 0.5) is 0 Å². The molecule has 106 valence electrons. The lowest BCUT2D eigenvalue weighted by Crippen LogP contribution is -2.52. The van der Waals surface area contributed by atoms with Gasteiger partial charge in [0, 0.05) is 6.54 Å². The van der Waals surface area contributed by atoms with Crippen molar-refractivity contribution >= 4 is 0 Å². The molecule has 1 saturated heterocycles. The number of rotatable bonds is 4. The Morgan fingerprint density at radius 2 is 1.89 bits per heavy atom. The Labute approximate surface area is 115 Å². The number of ether oxygens (including phenoxy) is 2. The topological polar surface area (TPSA) is 33.7 Å². The number of likely N-dealkylation sites (N-methyl/N-ethyl adjacent to an activating group) is 1. The summed E-state index contributed by atoms with van der Waals surface area (Å²) in [6.45, 7) is 2.07. The number of piperidine rings is 1. The molecule has 1 heterocycles. The molecule has 0 radical (unpaired) electrons. The first-order valence-electron chi connectivity index (χ1n) is 6.75. The van der Waals surface area contributed by atoms with Crippen molar-refractivity contribution in [2.24, 2.45) is 0 Å². The highest BCUT2D eigenvalue weighted by molar-refractivity contribution is 5.45. The number of nitrogens with one attached hydrogen (secondary N) is 1. The first kappa shape index (κ1) is 14.2. The monoisotopic (exact) mass is 264 g/mol. The number of hydrogen-bond acceptors (Lipinski definition) is 4. The van der Waals surface area contributed by atoms with Crippen LogP contribution in [0.1, 0.15) is 18.4 Å². The van der Waals surface area contributed by atoms with E-state index in [1.165, 1.54) is 12.0 Å². The van der Waals surface area contributed by atoms with E-state index >= 15 is 0 Å². The van der Waals surface area contributed by atoms with Gasteiger partial charge in [-0.2, -0.15) is 0 Å². The Morgan fingerprint density at radius 3 is 2.42 bits per heavy atom.